The predicted molar refractivity (Wildman–Crippen MR) is 91.7 cm³/mol. The van der Waals surface area contributed by atoms with Crippen LogP contribution in [0.3, 0.4) is 0 Å². The van der Waals surface area contributed by atoms with E-state index in [0.717, 1.165) is 17.5 Å². The number of aryl methyl sites for hydroxylation is 1. The van der Waals surface area contributed by atoms with Crippen molar-refractivity contribution in [3.05, 3.63) is 63.6 Å². The Bertz CT molecular complexity index is 747. The van der Waals surface area contributed by atoms with Gasteiger partial charge in [-0.2, -0.15) is 0 Å². The molecule has 0 aromatic heterocycles. The predicted octanol–water partition coefficient (Wildman–Crippen LogP) is 3.02. The summed E-state index contributed by atoms with van der Waals surface area (Å²) in [4.78, 5) is 12.4. The van der Waals surface area contributed by atoms with E-state index in [9.17, 15) is 9.90 Å². The number of aliphatic hydroxyl groups is 1. The van der Waals surface area contributed by atoms with Gasteiger partial charge in [-0.1, -0.05) is 24.3 Å². The number of halogens is 1. The van der Waals surface area contributed by atoms with E-state index < -0.39 is 5.60 Å². The molecule has 0 saturated heterocycles. The Hall–Kier alpha value is -1.85. The molecule has 2 N–H and O–H groups in total. The van der Waals surface area contributed by atoms with Crippen LogP contribution in [0.1, 0.15) is 27.9 Å². The van der Waals surface area contributed by atoms with Gasteiger partial charge >= 0.3 is 0 Å². The van der Waals surface area contributed by atoms with Crippen molar-refractivity contribution in [2.24, 2.45) is 0 Å². The molecule has 3 rings (SSSR count). The molecule has 0 aliphatic heterocycles. The quantitative estimate of drug-likeness (QED) is 0.863. The number of carbonyl (C=O) groups excluding carboxylic acids is 1. The van der Waals surface area contributed by atoms with Gasteiger partial charge in [0.25, 0.3) is 5.91 Å². The third-order valence-corrected chi connectivity index (χ3v) is 4.98. The molecule has 2 aromatic carbocycles. The van der Waals surface area contributed by atoms with Gasteiger partial charge in [-0.05, 0) is 58.1 Å². The number of carbonyl (C=O) groups is 1. The zero-order valence-electron chi connectivity index (χ0n) is 12.8. The standard InChI is InChI=1S/C18H18BrNO3/c1-23-13-6-7-16(19)14(10-13)17(21)20-11-18(22)9-8-12-4-2-3-5-15(12)18/h2-7,10,22H,8-9,11H2,1H3,(H,20,21). The normalized spacial score (nSPS) is 19.3. The molecule has 120 valence electrons. The van der Waals surface area contributed by atoms with Crippen LogP contribution in [0.5, 0.6) is 5.75 Å². The fourth-order valence-electron chi connectivity index (χ4n) is 2.98. The van der Waals surface area contributed by atoms with E-state index in [1.54, 1.807) is 25.3 Å². The first kappa shape index (κ1) is 16.0. The molecule has 2 aromatic rings. The topological polar surface area (TPSA) is 58.6 Å². The number of amides is 1. The first-order valence-electron chi connectivity index (χ1n) is 7.46. The Kier molecular flexibility index (Phi) is 4.41. The lowest BCUT2D eigenvalue weighted by Crippen LogP contribution is -2.39. The van der Waals surface area contributed by atoms with E-state index in [-0.39, 0.29) is 12.5 Å². The average Bonchev–Trinajstić information content (AvgIpc) is 2.91. The van der Waals surface area contributed by atoms with Crippen LogP contribution < -0.4 is 10.1 Å². The van der Waals surface area contributed by atoms with E-state index >= 15 is 0 Å². The lowest BCUT2D eigenvalue weighted by molar-refractivity contribution is 0.0369. The summed E-state index contributed by atoms with van der Waals surface area (Å²) in [7, 11) is 1.56. The molecule has 23 heavy (non-hydrogen) atoms. The summed E-state index contributed by atoms with van der Waals surface area (Å²) in [5.41, 5.74) is 1.54. The van der Waals surface area contributed by atoms with Gasteiger partial charge in [0.05, 0.1) is 19.2 Å². The molecule has 0 heterocycles. The fraction of sp³-hybridized carbons (Fsp3) is 0.278. The Morgan fingerprint density at radius 1 is 1.35 bits per heavy atom. The lowest BCUT2D eigenvalue weighted by Gasteiger charge is -2.24. The van der Waals surface area contributed by atoms with Gasteiger partial charge in [0.2, 0.25) is 0 Å². The summed E-state index contributed by atoms with van der Waals surface area (Å²) < 4.78 is 5.84. The molecule has 1 atom stereocenters. The highest BCUT2D eigenvalue weighted by Gasteiger charge is 2.36. The minimum atomic E-state index is -1.00. The van der Waals surface area contributed by atoms with Crippen molar-refractivity contribution in [3.8, 4) is 5.75 Å². The smallest absolute Gasteiger partial charge is 0.252 e. The molecule has 1 unspecified atom stereocenters. The van der Waals surface area contributed by atoms with Crippen LogP contribution in [0.15, 0.2) is 46.9 Å². The van der Waals surface area contributed by atoms with Gasteiger partial charge in [0.15, 0.2) is 0 Å². The molecular weight excluding hydrogens is 358 g/mol. The van der Waals surface area contributed by atoms with E-state index in [1.807, 2.05) is 24.3 Å². The molecule has 0 bridgehead atoms. The van der Waals surface area contributed by atoms with E-state index in [1.165, 1.54) is 0 Å². The molecule has 0 fully saturated rings. The highest BCUT2D eigenvalue weighted by molar-refractivity contribution is 9.10. The third-order valence-electron chi connectivity index (χ3n) is 4.29. The van der Waals surface area contributed by atoms with Crippen molar-refractivity contribution in [1.82, 2.24) is 5.32 Å². The van der Waals surface area contributed by atoms with Crippen LogP contribution in [0.25, 0.3) is 0 Å². The number of benzene rings is 2. The monoisotopic (exact) mass is 375 g/mol. The Balaban J connectivity index is 1.75. The molecule has 1 aliphatic rings. The average molecular weight is 376 g/mol. The zero-order chi connectivity index (χ0) is 16.4. The van der Waals surface area contributed by atoms with Crippen LogP contribution in [0.2, 0.25) is 0 Å². The minimum absolute atomic E-state index is 0.187. The fourth-order valence-corrected chi connectivity index (χ4v) is 3.41. The second kappa shape index (κ2) is 6.34. The van der Waals surface area contributed by atoms with Crippen molar-refractivity contribution in [3.63, 3.8) is 0 Å². The van der Waals surface area contributed by atoms with E-state index in [0.29, 0.717) is 22.2 Å². The summed E-state index contributed by atoms with van der Waals surface area (Å²) in [5.74, 6) is 0.372. The van der Waals surface area contributed by atoms with Gasteiger partial charge in [-0.25, -0.2) is 0 Å². The molecule has 1 aliphatic carbocycles. The highest BCUT2D eigenvalue weighted by Crippen LogP contribution is 2.36. The van der Waals surface area contributed by atoms with E-state index in [4.69, 9.17) is 4.74 Å². The van der Waals surface area contributed by atoms with Gasteiger partial charge in [0, 0.05) is 4.47 Å². The van der Waals surface area contributed by atoms with Crippen molar-refractivity contribution in [2.75, 3.05) is 13.7 Å². The summed E-state index contributed by atoms with van der Waals surface area (Å²) in [6, 6.07) is 13.1. The van der Waals surface area contributed by atoms with Crippen molar-refractivity contribution in [1.29, 1.82) is 0 Å². The zero-order valence-corrected chi connectivity index (χ0v) is 14.4. The number of rotatable bonds is 4. The van der Waals surface area contributed by atoms with Crippen LogP contribution >= 0.6 is 15.9 Å². The van der Waals surface area contributed by atoms with E-state index in [2.05, 4.69) is 21.2 Å². The van der Waals surface area contributed by atoms with Gasteiger partial charge < -0.3 is 15.2 Å². The summed E-state index contributed by atoms with van der Waals surface area (Å²) in [5, 5.41) is 13.7. The number of nitrogens with one attached hydrogen (secondary N) is 1. The van der Waals surface area contributed by atoms with Gasteiger partial charge in [-0.15, -0.1) is 0 Å². The largest absolute Gasteiger partial charge is 0.497 e. The third kappa shape index (κ3) is 3.12. The van der Waals surface area contributed by atoms with Crippen molar-refractivity contribution >= 4 is 21.8 Å². The molecule has 5 heteroatoms. The number of methoxy groups -OCH3 is 1. The van der Waals surface area contributed by atoms with Gasteiger partial charge in [-0.3, -0.25) is 4.79 Å². The first-order valence-corrected chi connectivity index (χ1v) is 8.25. The number of ether oxygens (including phenoxy) is 1. The van der Waals surface area contributed by atoms with Gasteiger partial charge in [0.1, 0.15) is 11.4 Å². The van der Waals surface area contributed by atoms with Crippen molar-refractivity contribution < 1.29 is 14.6 Å². The summed E-state index contributed by atoms with van der Waals surface area (Å²) >= 11 is 3.37. The Morgan fingerprint density at radius 3 is 2.91 bits per heavy atom. The maximum absolute atomic E-state index is 12.4. The maximum Gasteiger partial charge on any atom is 0.252 e. The summed E-state index contributed by atoms with van der Waals surface area (Å²) in [6.07, 6.45) is 1.44. The number of hydrogen-bond donors (Lipinski definition) is 2. The molecule has 0 spiro atoms. The molecule has 1 amide bonds. The maximum atomic E-state index is 12.4. The number of hydrogen-bond acceptors (Lipinski definition) is 3. The van der Waals surface area contributed by atoms with Crippen LogP contribution in [0, 0.1) is 0 Å². The SMILES string of the molecule is COc1ccc(Br)c(C(=O)NCC2(O)CCc3ccccc32)c1. The van der Waals surface area contributed by atoms with Crippen molar-refractivity contribution in [2.45, 2.75) is 18.4 Å². The second-order valence-electron chi connectivity index (χ2n) is 5.72. The first-order chi connectivity index (χ1) is 11.0. The summed E-state index contributed by atoms with van der Waals surface area (Å²) in [6.45, 7) is 0.187. The van der Waals surface area contributed by atoms with Crippen LogP contribution in [-0.2, 0) is 12.0 Å². The molecule has 4 nitrogen and oxygen atoms in total. The Morgan fingerprint density at radius 2 is 2.13 bits per heavy atom. The lowest BCUT2D eigenvalue weighted by atomic mass is 9.96. The molecule has 0 radical (unpaired) electrons. The van der Waals surface area contributed by atoms with Crippen LogP contribution in [-0.4, -0.2) is 24.7 Å². The number of fused-ring (bicyclic) bond motifs is 1. The second-order valence-corrected chi connectivity index (χ2v) is 6.57. The molecule has 0 saturated carbocycles. The van der Waals surface area contributed by atoms with Crippen LogP contribution in [0.4, 0.5) is 0 Å². The minimum Gasteiger partial charge on any atom is -0.497 e. The molecular formula is C18H18BrNO3. The Labute approximate surface area is 143 Å². The highest BCUT2D eigenvalue weighted by atomic mass is 79.9.